The highest BCUT2D eigenvalue weighted by Crippen LogP contribution is 2.46. The third kappa shape index (κ3) is 3.30. The van der Waals surface area contributed by atoms with Crippen LogP contribution in [0.5, 0.6) is 0 Å². The zero-order valence-electron chi connectivity index (χ0n) is 16.5. The van der Waals surface area contributed by atoms with Crippen molar-refractivity contribution in [1.82, 2.24) is 0 Å². The molecule has 0 N–H and O–H groups in total. The van der Waals surface area contributed by atoms with Crippen molar-refractivity contribution in [3.05, 3.63) is 114 Å². The van der Waals surface area contributed by atoms with Crippen molar-refractivity contribution >= 4 is 44.6 Å². The van der Waals surface area contributed by atoms with Crippen molar-refractivity contribution in [3.8, 4) is 0 Å². The van der Waals surface area contributed by atoms with E-state index in [9.17, 15) is 22.1 Å². The van der Waals surface area contributed by atoms with Crippen molar-refractivity contribution in [2.75, 3.05) is 0 Å². The minimum atomic E-state index is -4.09. The molecule has 0 aromatic heterocycles. The van der Waals surface area contributed by atoms with Crippen LogP contribution in [0.4, 0.5) is 17.6 Å². The average Bonchev–Trinajstić information content (AvgIpc) is 2.76. The van der Waals surface area contributed by atoms with Gasteiger partial charge in [0.25, 0.3) is 0 Å². The van der Waals surface area contributed by atoms with Crippen molar-refractivity contribution in [3.63, 3.8) is 0 Å². The maximum absolute atomic E-state index is 14.8. The molecule has 5 aromatic carbocycles. The first kappa shape index (κ1) is 20.5. The van der Waals surface area contributed by atoms with E-state index in [2.05, 4.69) is 0 Å². The van der Waals surface area contributed by atoms with Gasteiger partial charge in [-0.1, -0.05) is 48.5 Å². The van der Waals surface area contributed by atoms with Gasteiger partial charge in [-0.15, -0.1) is 0 Å². The second-order valence-corrected chi connectivity index (χ2v) is 10.3. The summed E-state index contributed by atoms with van der Waals surface area (Å²) in [5.74, 6) is -3.71. The van der Waals surface area contributed by atoms with Gasteiger partial charge in [0.2, 0.25) is 0 Å². The lowest BCUT2D eigenvalue weighted by molar-refractivity contribution is 0.578. The third-order valence-electron chi connectivity index (χ3n) is 5.51. The Kier molecular flexibility index (Phi) is 4.87. The molecule has 0 radical (unpaired) electrons. The van der Waals surface area contributed by atoms with Gasteiger partial charge in [0.1, 0.15) is 23.3 Å². The fourth-order valence-corrected chi connectivity index (χ4v) is 7.09. The van der Waals surface area contributed by atoms with Crippen molar-refractivity contribution in [2.24, 2.45) is 0 Å². The molecule has 6 heteroatoms. The van der Waals surface area contributed by atoms with Gasteiger partial charge < -0.3 is 4.57 Å². The van der Waals surface area contributed by atoms with E-state index in [1.807, 2.05) is 36.4 Å². The molecule has 0 aliphatic heterocycles. The summed E-state index contributed by atoms with van der Waals surface area (Å²) >= 11 is 0. The van der Waals surface area contributed by atoms with Gasteiger partial charge in [0, 0.05) is 28.0 Å². The number of halogens is 4. The van der Waals surface area contributed by atoms with E-state index in [0.717, 1.165) is 40.4 Å². The molecule has 0 spiro atoms. The van der Waals surface area contributed by atoms with Crippen LogP contribution < -0.4 is 15.9 Å². The average molecular weight is 450 g/mol. The van der Waals surface area contributed by atoms with E-state index in [-0.39, 0.29) is 15.9 Å². The Labute approximate surface area is 181 Å². The molecule has 0 aliphatic carbocycles. The van der Waals surface area contributed by atoms with Crippen LogP contribution in [-0.4, -0.2) is 0 Å². The summed E-state index contributed by atoms with van der Waals surface area (Å²) in [6, 6.07) is 21.4. The molecule has 0 atom stereocenters. The van der Waals surface area contributed by atoms with E-state index in [4.69, 9.17) is 0 Å². The van der Waals surface area contributed by atoms with Crippen LogP contribution in [0.1, 0.15) is 0 Å². The minimum Gasteiger partial charge on any atom is -0.309 e. The molecular formula is C26H15F4OP. The molecule has 0 bridgehead atoms. The van der Waals surface area contributed by atoms with Crippen molar-refractivity contribution in [1.29, 1.82) is 0 Å². The predicted octanol–water partition coefficient (Wildman–Crippen LogP) is 6.19. The lowest BCUT2D eigenvalue weighted by atomic mass is 10.0. The Hall–Kier alpha value is -3.43. The van der Waals surface area contributed by atoms with Gasteiger partial charge in [0.15, 0.2) is 7.14 Å². The number of rotatable bonds is 3. The highest BCUT2D eigenvalue weighted by Gasteiger charge is 2.34. The smallest absolute Gasteiger partial charge is 0.172 e. The molecule has 0 fully saturated rings. The lowest BCUT2D eigenvalue weighted by Crippen LogP contribution is -2.27. The fraction of sp³-hybridized carbons (Fsp3) is 0. The van der Waals surface area contributed by atoms with Crippen LogP contribution in [-0.2, 0) is 4.57 Å². The highest BCUT2D eigenvalue weighted by molar-refractivity contribution is 7.85. The second-order valence-electron chi connectivity index (χ2n) is 7.53. The first-order valence-electron chi connectivity index (χ1n) is 9.81. The molecule has 5 aromatic rings. The topological polar surface area (TPSA) is 17.1 Å². The molecule has 158 valence electrons. The Morgan fingerprint density at radius 1 is 0.500 bits per heavy atom. The Morgan fingerprint density at radius 2 is 0.938 bits per heavy atom. The minimum absolute atomic E-state index is 0.180. The zero-order valence-corrected chi connectivity index (χ0v) is 17.4. The van der Waals surface area contributed by atoms with Gasteiger partial charge in [-0.05, 0) is 51.9 Å². The molecular weight excluding hydrogens is 435 g/mol. The summed E-state index contributed by atoms with van der Waals surface area (Å²) in [6.45, 7) is 0. The summed E-state index contributed by atoms with van der Waals surface area (Å²) < 4.78 is 71.6. The SMILES string of the molecule is O=P(c1cc(F)cc(F)c1)(c1cc(F)cc(F)c1)c1cc2ccccc2c2ccccc12. The van der Waals surface area contributed by atoms with Gasteiger partial charge in [-0.25, -0.2) is 17.6 Å². The number of benzene rings is 5. The van der Waals surface area contributed by atoms with Gasteiger partial charge in [-0.3, -0.25) is 0 Å². The quantitative estimate of drug-likeness (QED) is 0.182. The Balaban J connectivity index is 1.98. The van der Waals surface area contributed by atoms with Gasteiger partial charge in [-0.2, -0.15) is 0 Å². The summed E-state index contributed by atoms with van der Waals surface area (Å²) in [7, 11) is -4.09. The van der Waals surface area contributed by atoms with Crippen molar-refractivity contribution in [2.45, 2.75) is 0 Å². The number of hydrogen-bond donors (Lipinski definition) is 0. The number of hydrogen-bond acceptors (Lipinski definition) is 1. The Bertz CT molecular complexity index is 1470. The highest BCUT2D eigenvalue weighted by atomic mass is 31.2. The standard InChI is InChI=1S/C26H15F4OP/c27-17-10-18(28)13-21(12-17)32(31,22-14-19(29)11-20(30)15-22)26-9-16-5-1-2-6-23(16)24-7-3-4-8-25(24)26/h1-15H. The van der Waals surface area contributed by atoms with Crippen LogP contribution in [0.25, 0.3) is 21.5 Å². The van der Waals surface area contributed by atoms with Crippen LogP contribution in [0, 0.1) is 23.3 Å². The summed E-state index contributed by atoms with van der Waals surface area (Å²) in [5, 5.41) is 2.88. The maximum atomic E-state index is 14.8. The largest absolute Gasteiger partial charge is 0.309 e. The molecule has 0 unspecified atom stereocenters. The van der Waals surface area contributed by atoms with Crippen LogP contribution in [0.2, 0.25) is 0 Å². The van der Waals surface area contributed by atoms with Crippen molar-refractivity contribution < 1.29 is 22.1 Å². The molecule has 0 heterocycles. The summed E-state index contributed by atoms with van der Waals surface area (Å²) in [4.78, 5) is 0. The molecule has 0 aliphatic rings. The lowest BCUT2D eigenvalue weighted by Gasteiger charge is -2.23. The van der Waals surface area contributed by atoms with Crippen LogP contribution >= 0.6 is 7.14 Å². The zero-order chi connectivity index (χ0) is 22.5. The first-order valence-corrected chi connectivity index (χ1v) is 11.5. The van der Waals surface area contributed by atoms with Gasteiger partial charge >= 0.3 is 0 Å². The monoisotopic (exact) mass is 450 g/mol. The third-order valence-corrected chi connectivity index (χ3v) is 8.53. The molecule has 0 amide bonds. The molecule has 32 heavy (non-hydrogen) atoms. The second kappa shape index (κ2) is 7.61. The van der Waals surface area contributed by atoms with E-state index in [1.54, 1.807) is 18.2 Å². The van der Waals surface area contributed by atoms with E-state index in [1.165, 1.54) is 0 Å². The Morgan fingerprint density at radius 3 is 1.47 bits per heavy atom. The molecule has 5 rings (SSSR count). The summed E-state index contributed by atoms with van der Waals surface area (Å²) in [6.07, 6.45) is 0. The van der Waals surface area contributed by atoms with Crippen LogP contribution in [0.15, 0.2) is 91.0 Å². The van der Waals surface area contributed by atoms with Gasteiger partial charge in [0.05, 0.1) is 0 Å². The van der Waals surface area contributed by atoms with E-state index < -0.39 is 30.4 Å². The molecule has 0 saturated carbocycles. The molecule has 0 saturated heterocycles. The maximum Gasteiger partial charge on any atom is 0.172 e. The first-order chi connectivity index (χ1) is 15.4. The van der Waals surface area contributed by atoms with E-state index in [0.29, 0.717) is 17.5 Å². The predicted molar refractivity (Wildman–Crippen MR) is 121 cm³/mol. The van der Waals surface area contributed by atoms with E-state index >= 15 is 0 Å². The van der Waals surface area contributed by atoms with Crippen LogP contribution in [0.3, 0.4) is 0 Å². The number of fused-ring (bicyclic) bond motifs is 3. The summed E-state index contributed by atoms with van der Waals surface area (Å²) in [5.41, 5.74) is 0. The normalized spacial score (nSPS) is 11.9. The molecule has 1 nitrogen and oxygen atoms in total. The fourth-order valence-electron chi connectivity index (χ4n) is 4.16.